The molecule has 0 saturated carbocycles. The van der Waals surface area contributed by atoms with Crippen molar-refractivity contribution in [2.24, 2.45) is 5.92 Å². The van der Waals surface area contributed by atoms with Crippen LogP contribution in [0.15, 0.2) is 48.5 Å². The van der Waals surface area contributed by atoms with E-state index in [1.54, 1.807) is 29.2 Å². The number of halogens is 3. The lowest BCUT2D eigenvalue weighted by Crippen LogP contribution is -2.55. The van der Waals surface area contributed by atoms with Crippen LogP contribution < -0.4 is 0 Å². The zero-order valence-electron chi connectivity index (χ0n) is 19.3. The van der Waals surface area contributed by atoms with Crippen molar-refractivity contribution in [1.82, 2.24) is 9.80 Å². The highest BCUT2D eigenvalue weighted by atomic mass is 19.4. The predicted molar refractivity (Wildman–Crippen MR) is 120 cm³/mol. The average molecular weight is 500 g/mol. The molecule has 0 spiro atoms. The van der Waals surface area contributed by atoms with Gasteiger partial charge in [-0.2, -0.15) is 13.2 Å². The number of rotatable bonds is 4. The minimum absolute atomic E-state index is 0.156. The van der Waals surface area contributed by atoms with Crippen LogP contribution in [-0.2, 0) is 15.7 Å². The van der Waals surface area contributed by atoms with Crippen molar-refractivity contribution >= 4 is 23.7 Å². The van der Waals surface area contributed by atoms with Crippen LogP contribution in [0.25, 0.3) is 0 Å². The number of carbonyl (C=O) groups excluding carboxylic acids is 4. The number of amides is 3. The maximum atomic E-state index is 13.2. The van der Waals surface area contributed by atoms with Crippen LogP contribution in [0, 0.1) is 5.92 Å². The molecule has 5 rings (SSSR count). The summed E-state index contributed by atoms with van der Waals surface area (Å²) in [5.41, 5.74) is -0.214. The molecule has 3 aliphatic rings. The van der Waals surface area contributed by atoms with Crippen molar-refractivity contribution in [3.8, 4) is 0 Å². The largest absolute Gasteiger partial charge is 0.467 e. The lowest BCUT2D eigenvalue weighted by molar-refractivity contribution is -0.148. The third kappa shape index (κ3) is 3.84. The van der Waals surface area contributed by atoms with Crippen LogP contribution in [-0.4, -0.2) is 58.7 Å². The summed E-state index contributed by atoms with van der Waals surface area (Å²) in [6, 6.07) is 8.82. The van der Waals surface area contributed by atoms with Gasteiger partial charge < -0.3 is 9.64 Å². The van der Waals surface area contributed by atoms with E-state index in [1.807, 2.05) is 0 Å². The molecule has 36 heavy (non-hydrogen) atoms. The van der Waals surface area contributed by atoms with E-state index in [2.05, 4.69) is 0 Å². The molecule has 2 aromatic rings. The molecular weight excluding hydrogens is 477 g/mol. The van der Waals surface area contributed by atoms with Gasteiger partial charge in [0, 0.05) is 17.6 Å². The summed E-state index contributed by atoms with van der Waals surface area (Å²) in [6.45, 7) is 0. The fraction of sp³-hybridized carbons (Fsp3) is 0.385. The standard InChI is InChI=1S/C26H23F3N2O5/c1-36-25(35)21(31-23(33)19-4-2-3-5-20(19)24(31)34)15-12-17-10-11-18(13-15)30(17)22(32)14-6-8-16(9-7-14)26(27,28)29/h2-9,15,17-18,21H,10-13H2,1H3/t15?,17?,18?,21-/m0/s1. The molecule has 3 amide bonds. The Morgan fingerprint density at radius 3 is 1.92 bits per heavy atom. The van der Waals surface area contributed by atoms with Gasteiger partial charge >= 0.3 is 12.1 Å². The van der Waals surface area contributed by atoms with Gasteiger partial charge in [0.2, 0.25) is 0 Å². The lowest BCUT2D eigenvalue weighted by atomic mass is 9.83. The van der Waals surface area contributed by atoms with E-state index in [9.17, 15) is 32.3 Å². The summed E-state index contributed by atoms with van der Waals surface area (Å²) in [4.78, 5) is 55.0. The fourth-order valence-corrected chi connectivity index (χ4v) is 5.85. The second kappa shape index (κ2) is 8.76. The molecule has 2 aromatic carbocycles. The monoisotopic (exact) mass is 500 g/mol. The highest BCUT2D eigenvalue weighted by Crippen LogP contribution is 2.43. The number of ether oxygens (including phenoxy) is 1. The number of carbonyl (C=O) groups is 4. The zero-order chi connectivity index (χ0) is 25.8. The van der Waals surface area contributed by atoms with Gasteiger partial charge in [-0.05, 0) is 68.0 Å². The summed E-state index contributed by atoms with van der Waals surface area (Å²) in [5.74, 6) is -2.60. The van der Waals surface area contributed by atoms with Crippen LogP contribution in [0.2, 0.25) is 0 Å². The molecule has 188 valence electrons. The van der Waals surface area contributed by atoms with Gasteiger partial charge in [0.15, 0.2) is 0 Å². The molecule has 0 aliphatic carbocycles. The minimum atomic E-state index is -4.49. The molecule has 2 saturated heterocycles. The van der Waals surface area contributed by atoms with Crippen LogP contribution in [0.4, 0.5) is 13.2 Å². The number of esters is 1. The van der Waals surface area contributed by atoms with Gasteiger partial charge in [0.25, 0.3) is 17.7 Å². The first kappa shape index (κ1) is 24.0. The summed E-state index contributed by atoms with van der Waals surface area (Å²) in [5, 5.41) is 0. The molecule has 0 N–H and O–H groups in total. The smallest absolute Gasteiger partial charge is 0.416 e. The number of nitrogens with zero attached hydrogens (tertiary/aromatic N) is 2. The first-order chi connectivity index (χ1) is 17.1. The van der Waals surface area contributed by atoms with E-state index in [1.165, 1.54) is 19.2 Å². The summed E-state index contributed by atoms with van der Waals surface area (Å²) in [7, 11) is 1.20. The molecule has 3 heterocycles. The summed E-state index contributed by atoms with van der Waals surface area (Å²) < 4.78 is 43.7. The van der Waals surface area contributed by atoms with Crippen molar-refractivity contribution in [2.75, 3.05) is 7.11 Å². The highest BCUT2D eigenvalue weighted by molar-refractivity contribution is 6.22. The Balaban J connectivity index is 1.38. The number of alkyl halides is 3. The normalized spacial score (nSPS) is 24.1. The van der Waals surface area contributed by atoms with Gasteiger partial charge in [-0.1, -0.05) is 12.1 Å². The second-order valence-electron chi connectivity index (χ2n) is 9.40. The Morgan fingerprint density at radius 1 is 0.917 bits per heavy atom. The Bertz CT molecular complexity index is 1190. The zero-order valence-corrected chi connectivity index (χ0v) is 19.3. The van der Waals surface area contributed by atoms with E-state index >= 15 is 0 Å². The molecule has 10 heteroatoms. The minimum Gasteiger partial charge on any atom is -0.467 e. The molecular formula is C26H23F3N2O5. The van der Waals surface area contributed by atoms with Crippen LogP contribution >= 0.6 is 0 Å². The van der Waals surface area contributed by atoms with Gasteiger partial charge in [-0.25, -0.2) is 4.79 Å². The van der Waals surface area contributed by atoms with Crippen molar-refractivity contribution in [3.63, 3.8) is 0 Å². The number of methoxy groups -OCH3 is 1. The van der Waals surface area contributed by atoms with Crippen molar-refractivity contribution in [1.29, 1.82) is 0 Å². The topological polar surface area (TPSA) is 84.0 Å². The third-order valence-corrected chi connectivity index (χ3v) is 7.46. The van der Waals surface area contributed by atoms with Crippen molar-refractivity contribution < 1.29 is 37.1 Å². The maximum absolute atomic E-state index is 13.2. The molecule has 3 atom stereocenters. The van der Waals surface area contributed by atoms with E-state index in [0.717, 1.165) is 17.0 Å². The van der Waals surface area contributed by atoms with E-state index in [0.29, 0.717) is 25.7 Å². The fourth-order valence-electron chi connectivity index (χ4n) is 5.85. The Kier molecular flexibility index (Phi) is 5.84. The molecule has 0 radical (unpaired) electrons. The van der Waals surface area contributed by atoms with Gasteiger partial charge in [0.1, 0.15) is 6.04 Å². The molecule has 0 aromatic heterocycles. The second-order valence-corrected chi connectivity index (χ2v) is 9.40. The number of imide groups is 1. The molecule has 2 bridgehead atoms. The first-order valence-electron chi connectivity index (χ1n) is 11.7. The molecule has 2 unspecified atom stereocenters. The maximum Gasteiger partial charge on any atom is 0.416 e. The number of hydrogen-bond donors (Lipinski definition) is 0. The Hall–Kier alpha value is -3.69. The van der Waals surface area contributed by atoms with Crippen LogP contribution in [0.5, 0.6) is 0 Å². The number of piperidine rings is 1. The highest BCUT2D eigenvalue weighted by Gasteiger charge is 2.52. The third-order valence-electron chi connectivity index (χ3n) is 7.46. The first-order valence-corrected chi connectivity index (χ1v) is 11.7. The number of benzene rings is 2. The van der Waals surface area contributed by atoms with Crippen molar-refractivity contribution in [3.05, 3.63) is 70.8 Å². The Labute approximate surface area is 204 Å². The van der Waals surface area contributed by atoms with Gasteiger partial charge in [-0.3, -0.25) is 19.3 Å². The Morgan fingerprint density at radius 2 is 1.44 bits per heavy atom. The average Bonchev–Trinajstić information content (AvgIpc) is 3.27. The quantitative estimate of drug-likeness (QED) is 0.469. The van der Waals surface area contributed by atoms with E-state index in [-0.39, 0.29) is 34.7 Å². The van der Waals surface area contributed by atoms with E-state index in [4.69, 9.17) is 4.74 Å². The predicted octanol–water partition coefficient (Wildman–Crippen LogP) is 3.93. The van der Waals surface area contributed by atoms with Gasteiger partial charge in [0.05, 0.1) is 23.8 Å². The van der Waals surface area contributed by atoms with Crippen LogP contribution in [0.1, 0.15) is 62.3 Å². The molecule has 2 fully saturated rings. The SMILES string of the molecule is COC(=O)[C@H](C1CC2CCC(C1)N2C(=O)c1ccc(C(F)(F)F)cc1)N1C(=O)c2ccccc2C1=O. The van der Waals surface area contributed by atoms with Gasteiger partial charge in [-0.15, -0.1) is 0 Å². The number of hydrogen-bond acceptors (Lipinski definition) is 5. The van der Waals surface area contributed by atoms with Crippen molar-refractivity contribution in [2.45, 2.75) is 50.0 Å². The number of fused-ring (bicyclic) bond motifs is 3. The lowest BCUT2D eigenvalue weighted by Gasteiger charge is -2.42. The molecule has 7 nitrogen and oxygen atoms in total. The molecule has 3 aliphatic heterocycles. The van der Waals surface area contributed by atoms with Crippen LogP contribution in [0.3, 0.4) is 0 Å². The van der Waals surface area contributed by atoms with E-state index < -0.39 is 41.5 Å². The summed E-state index contributed by atoms with van der Waals surface area (Å²) in [6.07, 6.45) is -2.47. The summed E-state index contributed by atoms with van der Waals surface area (Å²) >= 11 is 0.